The van der Waals surface area contributed by atoms with Gasteiger partial charge >= 0.3 is 0 Å². The van der Waals surface area contributed by atoms with Crippen LogP contribution in [0.15, 0.2) is 53.5 Å². The zero-order valence-corrected chi connectivity index (χ0v) is 17.2. The Morgan fingerprint density at radius 1 is 1.18 bits per heavy atom. The third-order valence-electron chi connectivity index (χ3n) is 4.79. The van der Waals surface area contributed by atoms with Crippen molar-refractivity contribution in [3.05, 3.63) is 59.7 Å². The van der Waals surface area contributed by atoms with Crippen molar-refractivity contribution in [1.82, 2.24) is 5.32 Å². The summed E-state index contributed by atoms with van der Waals surface area (Å²) in [6, 6.07) is 15.6. The van der Waals surface area contributed by atoms with Crippen molar-refractivity contribution in [2.24, 2.45) is 4.99 Å². The van der Waals surface area contributed by atoms with Crippen molar-refractivity contribution in [2.45, 2.75) is 44.8 Å². The van der Waals surface area contributed by atoms with Gasteiger partial charge in [-0.3, -0.25) is 9.59 Å². The first-order valence-corrected chi connectivity index (χ1v) is 10.3. The normalized spacial score (nSPS) is 18.8. The van der Waals surface area contributed by atoms with Gasteiger partial charge in [0.15, 0.2) is 5.17 Å². The molecule has 2 aromatic rings. The summed E-state index contributed by atoms with van der Waals surface area (Å²) in [5, 5.41) is 5.67. The molecule has 0 aromatic heterocycles. The van der Waals surface area contributed by atoms with Crippen molar-refractivity contribution in [3.63, 3.8) is 0 Å². The molecular weight excluding hydrogens is 370 g/mol. The van der Waals surface area contributed by atoms with Crippen molar-refractivity contribution < 1.29 is 9.59 Å². The van der Waals surface area contributed by atoms with E-state index in [0.29, 0.717) is 11.1 Å². The lowest BCUT2D eigenvalue weighted by Crippen LogP contribution is -2.28. The quantitative estimate of drug-likeness (QED) is 0.741. The van der Waals surface area contributed by atoms with E-state index in [2.05, 4.69) is 41.6 Å². The standard InChI is InChI=1S/C22H25N3O2S/c1-4-15(3)16-7-11-18(12-8-16)24-22-25-21(27)19(28-22)13-20(26)23-17-9-5-14(2)6-10-17/h5-12,15,19H,4,13H2,1-3H3,(H,23,26)(H,24,25,27)/t15-,19+/m1/s1. The number of aliphatic imine (C=N–C) groups is 1. The number of benzene rings is 2. The van der Waals surface area contributed by atoms with E-state index in [0.717, 1.165) is 23.4 Å². The van der Waals surface area contributed by atoms with Gasteiger partial charge in [0.1, 0.15) is 5.25 Å². The minimum atomic E-state index is -0.469. The van der Waals surface area contributed by atoms with Gasteiger partial charge in [-0.15, -0.1) is 0 Å². The molecule has 2 aromatic carbocycles. The van der Waals surface area contributed by atoms with Gasteiger partial charge in [0, 0.05) is 12.1 Å². The SMILES string of the molecule is CC[C@@H](C)c1ccc(N=C2NC(=O)[C@H](CC(=O)Nc3ccc(C)cc3)S2)cc1. The zero-order valence-electron chi connectivity index (χ0n) is 16.4. The monoisotopic (exact) mass is 395 g/mol. The number of thioether (sulfide) groups is 1. The molecule has 0 unspecified atom stereocenters. The van der Waals surface area contributed by atoms with Crippen LogP contribution in [-0.4, -0.2) is 22.2 Å². The Balaban J connectivity index is 1.59. The number of hydrogen-bond acceptors (Lipinski definition) is 4. The number of hydrogen-bond donors (Lipinski definition) is 2. The summed E-state index contributed by atoms with van der Waals surface area (Å²) in [7, 11) is 0. The van der Waals surface area contributed by atoms with E-state index in [-0.39, 0.29) is 18.2 Å². The van der Waals surface area contributed by atoms with E-state index >= 15 is 0 Å². The van der Waals surface area contributed by atoms with E-state index < -0.39 is 5.25 Å². The summed E-state index contributed by atoms with van der Waals surface area (Å²) in [5.74, 6) is 0.147. The Bertz CT molecular complexity index is 876. The number of carbonyl (C=O) groups excluding carboxylic acids is 2. The van der Waals surface area contributed by atoms with Gasteiger partial charge < -0.3 is 10.6 Å². The Morgan fingerprint density at radius 3 is 2.50 bits per heavy atom. The summed E-state index contributed by atoms with van der Waals surface area (Å²) in [5.41, 5.74) is 3.93. The van der Waals surface area contributed by atoms with Crippen LogP contribution in [0.25, 0.3) is 0 Å². The fourth-order valence-electron chi connectivity index (χ4n) is 2.84. The molecule has 0 radical (unpaired) electrons. The third kappa shape index (κ3) is 5.23. The molecule has 1 saturated heterocycles. The van der Waals surface area contributed by atoms with E-state index in [9.17, 15) is 9.59 Å². The summed E-state index contributed by atoms with van der Waals surface area (Å²) >= 11 is 1.30. The summed E-state index contributed by atoms with van der Waals surface area (Å²) < 4.78 is 0. The average Bonchev–Trinajstić information content (AvgIpc) is 3.02. The van der Waals surface area contributed by atoms with Gasteiger partial charge in [-0.2, -0.15) is 0 Å². The first-order chi connectivity index (χ1) is 13.4. The summed E-state index contributed by atoms with van der Waals surface area (Å²) in [6.07, 6.45) is 1.20. The van der Waals surface area contributed by atoms with Gasteiger partial charge in [-0.25, -0.2) is 4.99 Å². The number of carbonyl (C=O) groups is 2. The Hall–Kier alpha value is -2.60. The highest BCUT2D eigenvalue weighted by Gasteiger charge is 2.32. The molecule has 1 aliphatic heterocycles. The molecular formula is C22H25N3O2S. The molecule has 0 saturated carbocycles. The fraction of sp³-hybridized carbons (Fsp3) is 0.318. The molecule has 5 nitrogen and oxygen atoms in total. The molecule has 1 fully saturated rings. The average molecular weight is 396 g/mol. The van der Waals surface area contributed by atoms with Crippen LogP contribution in [0.4, 0.5) is 11.4 Å². The Labute approximate surface area is 170 Å². The molecule has 6 heteroatoms. The van der Waals surface area contributed by atoms with Crippen LogP contribution in [0.1, 0.15) is 43.7 Å². The van der Waals surface area contributed by atoms with Crippen LogP contribution >= 0.6 is 11.8 Å². The van der Waals surface area contributed by atoms with E-state index in [1.54, 1.807) is 0 Å². The second-order valence-corrected chi connectivity index (χ2v) is 8.22. The van der Waals surface area contributed by atoms with Gasteiger partial charge in [0.25, 0.3) is 0 Å². The van der Waals surface area contributed by atoms with Crippen LogP contribution in [0, 0.1) is 6.92 Å². The Kier molecular flexibility index (Phi) is 6.52. The number of anilines is 1. The number of aryl methyl sites for hydroxylation is 1. The number of nitrogens with zero attached hydrogens (tertiary/aromatic N) is 1. The summed E-state index contributed by atoms with van der Waals surface area (Å²) in [6.45, 7) is 6.35. The molecule has 28 heavy (non-hydrogen) atoms. The predicted molar refractivity (Wildman–Crippen MR) is 116 cm³/mol. The predicted octanol–water partition coefficient (Wildman–Crippen LogP) is 4.76. The maximum Gasteiger partial charge on any atom is 0.240 e. The van der Waals surface area contributed by atoms with Gasteiger partial charge in [-0.1, -0.05) is 55.4 Å². The molecule has 0 spiro atoms. The number of nitrogens with one attached hydrogen (secondary N) is 2. The smallest absolute Gasteiger partial charge is 0.240 e. The molecule has 1 aliphatic rings. The molecule has 0 bridgehead atoms. The molecule has 1 heterocycles. The lowest BCUT2D eigenvalue weighted by Gasteiger charge is -2.08. The van der Waals surface area contributed by atoms with Crippen molar-refractivity contribution in [1.29, 1.82) is 0 Å². The molecule has 3 rings (SSSR count). The van der Waals surface area contributed by atoms with E-state index in [1.807, 2.05) is 43.3 Å². The molecule has 2 amide bonds. The molecule has 146 valence electrons. The Morgan fingerprint density at radius 2 is 1.86 bits per heavy atom. The minimum absolute atomic E-state index is 0.107. The van der Waals surface area contributed by atoms with Crippen molar-refractivity contribution in [3.8, 4) is 0 Å². The van der Waals surface area contributed by atoms with Gasteiger partial charge in [0.05, 0.1) is 5.69 Å². The number of rotatable bonds is 6. The second kappa shape index (κ2) is 9.06. The lowest BCUT2D eigenvalue weighted by atomic mass is 9.99. The van der Waals surface area contributed by atoms with Crippen LogP contribution in [0.5, 0.6) is 0 Å². The van der Waals surface area contributed by atoms with Gasteiger partial charge in [-0.05, 0) is 49.1 Å². The second-order valence-electron chi connectivity index (χ2n) is 7.03. The molecule has 0 aliphatic carbocycles. The third-order valence-corrected chi connectivity index (χ3v) is 5.87. The van der Waals surface area contributed by atoms with E-state index in [1.165, 1.54) is 17.3 Å². The minimum Gasteiger partial charge on any atom is -0.326 e. The maximum atomic E-state index is 12.2. The van der Waals surface area contributed by atoms with Crippen LogP contribution in [0.3, 0.4) is 0 Å². The van der Waals surface area contributed by atoms with Crippen molar-refractivity contribution in [2.75, 3.05) is 5.32 Å². The lowest BCUT2D eigenvalue weighted by molar-refractivity contribution is -0.122. The van der Waals surface area contributed by atoms with Crippen molar-refractivity contribution >= 4 is 40.1 Å². The van der Waals surface area contributed by atoms with Crippen LogP contribution in [-0.2, 0) is 9.59 Å². The first kappa shape index (κ1) is 20.1. The largest absolute Gasteiger partial charge is 0.326 e. The van der Waals surface area contributed by atoms with Crippen LogP contribution in [0.2, 0.25) is 0 Å². The number of amidine groups is 1. The van der Waals surface area contributed by atoms with Crippen LogP contribution < -0.4 is 10.6 Å². The highest BCUT2D eigenvalue weighted by atomic mass is 32.2. The molecule has 2 N–H and O–H groups in total. The fourth-order valence-corrected chi connectivity index (χ4v) is 3.83. The number of amides is 2. The summed E-state index contributed by atoms with van der Waals surface area (Å²) in [4.78, 5) is 28.9. The highest BCUT2D eigenvalue weighted by Crippen LogP contribution is 2.27. The van der Waals surface area contributed by atoms with E-state index in [4.69, 9.17) is 0 Å². The molecule has 2 atom stereocenters. The first-order valence-electron chi connectivity index (χ1n) is 9.47. The van der Waals surface area contributed by atoms with Gasteiger partial charge in [0.2, 0.25) is 11.8 Å². The highest BCUT2D eigenvalue weighted by molar-refractivity contribution is 8.15. The topological polar surface area (TPSA) is 70.6 Å². The zero-order chi connectivity index (χ0) is 20.1. The maximum absolute atomic E-state index is 12.2.